The fraction of sp³-hybridized carbons (Fsp3) is 0.353. The third kappa shape index (κ3) is 4.73. The minimum Gasteiger partial charge on any atom is -0.494 e. The van der Waals surface area contributed by atoms with Crippen molar-refractivity contribution in [1.29, 1.82) is 0 Å². The smallest absolute Gasteiger partial charge is 0.348 e. The van der Waals surface area contributed by atoms with Crippen molar-refractivity contribution in [3.05, 3.63) is 36.7 Å². The van der Waals surface area contributed by atoms with Crippen molar-refractivity contribution in [3.63, 3.8) is 0 Å². The molecule has 150 valence electrons. The monoisotopic (exact) mass is 425 g/mol. The van der Waals surface area contributed by atoms with Crippen molar-refractivity contribution in [1.82, 2.24) is 9.97 Å². The quantitative estimate of drug-likeness (QED) is 0.368. The van der Waals surface area contributed by atoms with E-state index < -0.39 is 23.4 Å². The van der Waals surface area contributed by atoms with Gasteiger partial charge in [0.05, 0.1) is 12.7 Å². The summed E-state index contributed by atoms with van der Waals surface area (Å²) < 4.78 is 10.2. The van der Waals surface area contributed by atoms with Crippen LogP contribution in [-0.4, -0.2) is 45.9 Å². The molecule has 3 N–H and O–H groups in total. The number of hydrogen-bond acceptors (Lipinski definition) is 9. The van der Waals surface area contributed by atoms with E-state index in [1.807, 2.05) is 0 Å². The van der Waals surface area contributed by atoms with Crippen LogP contribution in [0.15, 0.2) is 9.79 Å². The number of H-pyrrole nitrogens is 2. The molecule has 0 fully saturated rings. The van der Waals surface area contributed by atoms with Crippen LogP contribution < -0.4 is 5.56 Å². The summed E-state index contributed by atoms with van der Waals surface area (Å²) in [5.41, 5.74) is -0.374. The molecule has 0 bridgehead atoms. The number of rotatable bonds is 6. The Balaban J connectivity index is 2.56. The van der Waals surface area contributed by atoms with E-state index in [1.54, 1.807) is 27.7 Å². The third-order valence-corrected chi connectivity index (χ3v) is 4.79. The molecule has 0 saturated heterocycles. The molecule has 2 rings (SSSR count). The maximum atomic E-state index is 12.4. The number of nitrogens with zero attached hydrogens (tertiary/aromatic N) is 1. The maximum Gasteiger partial charge on any atom is 0.348 e. The van der Waals surface area contributed by atoms with Crippen LogP contribution in [0.5, 0.6) is 5.88 Å². The molecule has 2 aromatic heterocycles. The zero-order valence-corrected chi connectivity index (χ0v) is 17.2. The maximum absolute atomic E-state index is 12.4. The van der Waals surface area contributed by atoms with Gasteiger partial charge >= 0.3 is 11.9 Å². The average Bonchev–Trinajstić information content (AvgIpc) is 2.90. The van der Waals surface area contributed by atoms with Gasteiger partial charge in [0.2, 0.25) is 5.88 Å². The van der Waals surface area contributed by atoms with Crippen molar-refractivity contribution in [2.75, 3.05) is 6.61 Å². The highest BCUT2D eigenvalue weighted by Crippen LogP contribution is 2.36. The summed E-state index contributed by atoms with van der Waals surface area (Å²) in [5, 5.41) is 10.0. The molecule has 0 aliphatic rings. The van der Waals surface area contributed by atoms with Gasteiger partial charge in [0.15, 0.2) is 4.77 Å². The van der Waals surface area contributed by atoms with E-state index in [9.17, 15) is 19.5 Å². The third-order valence-electron chi connectivity index (χ3n) is 3.41. The minimum absolute atomic E-state index is 0.0439. The van der Waals surface area contributed by atoms with E-state index in [-0.39, 0.29) is 38.5 Å². The van der Waals surface area contributed by atoms with Crippen molar-refractivity contribution in [3.8, 4) is 5.88 Å². The fourth-order valence-corrected chi connectivity index (χ4v) is 3.44. The summed E-state index contributed by atoms with van der Waals surface area (Å²) in [6, 6.07) is 0. The summed E-state index contributed by atoms with van der Waals surface area (Å²) in [7, 11) is 0. The van der Waals surface area contributed by atoms with Gasteiger partial charge in [-0.3, -0.25) is 9.78 Å². The Kier molecular flexibility index (Phi) is 6.86. The normalized spacial score (nSPS) is 11.2. The van der Waals surface area contributed by atoms with Crippen molar-refractivity contribution in [2.45, 2.75) is 33.8 Å². The predicted octanol–water partition coefficient (Wildman–Crippen LogP) is 3.00. The number of aromatic amines is 2. The molecule has 9 nitrogen and oxygen atoms in total. The molecule has 0 aliphatic heterocycles. The van der Waals surface area contributed by atoms with Gasteiger partial charge in [0, 0.05) is 6.21 Å². The number of thiophene rings is 1. The second-order valence-corrected chi connectivity index (χ2v) is 7.25. The SMILES string of the molecule is CCOC(=O)c1c(/N=C/c2c(O)[nH]c(=S)[nH]c2=O)sc(C(=O)OC(C)C)c1C. The molecule has 2 aromatic rings. The van der Waals surface area contributed by atoms with Gasteiger partial charge in [-0.15, -0.1) is 11.3 Å². The van der Waals surface area contributed by atoms with E-state index >= 15 is 0 Å². The van der Waals surface area contributed by atoms with Gasteiger partial charge in [-0.05, 0) is 45.5 Å². The second-order valence-electron chi connectivity index (χ2n) is 5.84. The molecule has 11 heteroatoms. The first-order valence-corrected chi connectivity index (χ1v) is 9.49. The van der Waals surface area contributed by atoms with Crippen molar-refractivity contribution in [2.24, 2.45) is 4.99 Å². The van der Waals surface area contributed by atoms with E-state index in [0.29, 0.717) is 5.56 Å². The second kappa shape index (κ2) is 8.93. The molecular weight excluding hydrogens is 406 g/mol. The summed E-state index contributed by atoms with van der Waals surface area (Å²) in [6.45, 7) is 6.79. The highest BCUT2D eigenvalue weighted by atomic mass is 32.1. The Morgan fingerprint density at radius 3 is 2.57 bits per heavy atom. The number of carbonyl (C=O) groups excluding carboxylic acids is 2. The first-order chi connectivity index (χ1) is 13.1. The number of hydrogen-bond donors (Lipinski definition) is 3. The first-order valence-electron chi connectivity index (χ1n) is 8.26. The minimum atomic E-state index is -0.657. The van der Waals surface area contributed by atoms with E-state index in [2.05, 4.69) is 15.0 Å². The van der Waals surface area contributed by atoms with Gasteiger partial charge in [0.1, 0.15) is 21.0 Å². The number of aromatic hydroxyl groups is 1. The molecule has 0 unspecified atom stereocenters. The zero-order valence-electron chi connectivity index (χ0n) is 15.6. The van der Waals surface area contributed by atoms with Crippen molar-refractivity contribution >= 4 is 46.7 Å². The lowest BCUT2D eigenvalue weighted by Gasteiger charge is -2.07. The molecule has 0 spiro atoms. The lowest BCUT2D eigenvalue weighted by Crippen LogP contribution is -2.13. The lowest BCUT2D eigenvalue weighted by atomic mass is 10.1. The van der Waals surface area contributed by atoms with Gasteiger partial charge in [0.25, 0.3) is 5.56 Å². The van der Waals surface area contributed by atoms with Gasteiger partial charge in [-0.1, -0.05) is 0 Å². The van der Waals surface area contributed by atoms with Crippen LogP contribution in [0.1, 0.15) is 51.9 Å². The Hall–Kier alpha value is -2.79. The molecule has 0 atom stereocenters. The van der Waals surface area contributed by atoms with Crippen LogP contribution in [0.3, 0.4) is 0 Å². The summed E-state index contributed by atoms with van der Waals surface area (Å²) in [4.78, 5) is 45.7. The molecule has 28 heavy (non-hydrogen) atoms. The molecule has 2 heterocycles. The lowest BCUT2D eigenvalue weighted by molar-refractivity contribution is 0.0383. The molecule has 0 aliphatic carbocycles. The topological polar surface area (TPSA) is 134 Å². The van der Waals surface area contributed by atoms with Crippen LogP contribution in [0.25, 0.3) is 0 Å². The molecule has 0 saturated carbocycles. The number of carbonyl (C=O) groups is 2. The Labute approximate surface area is 169 Å². The predicted molar refractivity (Wildman–Crippen MR) is 107 cm³/mol. The summed E-state index contributed by atoms with van der Waals surface area (Å²) in [5.74, 6) is -1.71. The number of aliphatic imine (C=N–C) groups is 1. The Morgan fingerprint density at radius 2 is 2.00 bits per heavy atom. The first kappa shape index (κ1) is 21.5. The van der Waals surface area contributed by atoms with E-state index in [1.165, 1.54) is 0 Å². The van der Waals surface area contributed by atoms with Crippen LogP contribution in [-0.2, 0) is 9.47 Å². The van der Waals surface area contributed by atoms with E-state index in [4.69, 9.17) is 21.7 Å². The molecule has 0 amide bonds. The summed E-state index contributed by atoms with van der Waals surface area (Å²) in [6.07, 6.45) is 0.736. The highest BCUT2D eigenvalue weighted by Gasteiger charge is 2.26. The number of aromatic nitrogens is 2. The number of nitrogens with one attached hydrogen (secondary N) is 2. The van der Waals surface area contributed by atoms with Crippen LogP contribution in [0.2, 0.25) is 0 Å². The summed E-state index contributed by atoms with van der Waals surface area (Å²) >= 11 is 5.69. The fourth-order valence-electron chi connectivity index (χ4n) is 2.22. The largest absolute Gasteiger partial charge is 0.494 e. The number of ether oxygens (including phenoxy) is 2. The zero-order chi connectivity index (χ0) is 21.0. The van der Waals surface area contributed by atoms with Crippen molar-refractivity contribution < 1.29 is 24.2 Å². The molecular formula is C17H19N3O6S2. The standard InChI is InChI=1S/C17H19N3O6S2/c1-5-25-15(23)10-8(4)11(16(24)26-7(2)3)28-14(10)18-6-9-12(21)19-17(27)20-13(9)22/h6-7H,5H2,1-4H3,(H3,19,20,21,22,27)/b18-6+. The van der Waals surface area contributed by atoms with Gasteiger partial charge in [-0.2, -0.15) is 0 Å². The molecule has 0 radical (unpaired) electrons. The van der Waals surface area contributed by atoms with Gasteiger partial charge < -0.3 is 19.6 Å². The van der Waals surface area contributed by atoms with E-state index in [0.717, 1.165) is 17.6 Å². The van der Waals surface area contributed by atoms with Crippen LogP contribution in [0, 0.1) is 11.7 Å². The number of esters is 2. The average molecular weight is 425 g/mol. The highest BCUT2D eigenvalue weighted by molar-refractivity contribution is 7.71. The Bertz CT molecular complexity index is 1050. The molecule has 0 aromatic carbocycles. The van der Waals surface area contributed by atoms with Gasteiger partial charge in [-0.25, -0.2) is 14.6 Å². The van der Waals surface area contributed by atoms with Crippen LogP contribution >= 0.6 is 23.6 Å². The van der Waals surface area contributed by atoms with Crippen LogP contribution in [0.4, 0.5) is 5.00 Å². The Morgan fingerprint density at radius 1 is 1.32 bits per heavy atom.